The molecule has 2 atom stereocenters. The van der Waals surface area contributed by atoms with E-state index in [-0.39, 0.29) is 17.8 Å². The number of fused-ring (bicyclic) bond motifs is 1. The highest BCUT2D eigenvalue weighted by Gasteiger charge is 2.27. The second-order valence-electron chi connectivity index (χ2n) is 5.30. The second-order valence-corrected chi connectivity index (χ2v) is 6.36. The van der Waals surface area contributed by atoms with Crippen LogP contribution in [0, 0.1) is 5.82 Å². The third-order valence-corrected chi connectivity index (χ3v) is 4.97. The molecule has 0 bridgehead atoms. The van der Waals surface area contributed by atoms with E-state index >= 15 is 0 Å². The van der Waals surface area contributed by atoms with Gasteiger partial charge in [-0.25, -0.2) is 4.39 Å². The topological polar surface area (TPSA) is 9.23 Å². The lowest BCUT2D eigenvalue weighted by molar-refractivity contribution is 0.213. The van der Waals surface area contributed by atoms with Gasteiger partial charge in [-0.2, -0.15) is 0 Å². The number of benzene rings is 2. The standard InChI is InChI=1S/C17H15BrClFO/c18-10-12(15-3-1-2-4-16(15)19)9-14-8-11-7-13(20)5-6-17(11)21-14/h1-7,12,14H,8-10H2. The molecule has 2 aromatic rings. The molecule has 2 aromatic carbocycles. The van der Waals surface area contributed by atoms with Crippen LogP contribution in [0.5, 0.6) is 5.75 Å². The zero-order valence-corrected chi connectivity index (χ0v) is 13.7. The molecule has 3 rings (SSSR count). The minimum absolute atomic E-state index is 0.0700. The molecular formula is C17H15BrClFO. The molecule has 2 unspecified atom stereocenters. The van der Waals surface area contributed by atoms with Crippen molar-refractivity contribution in [1.82, 2.24) is 0 Å². The molecule has 1 nitrogen and oxygen atoms in total. The predicted molar refractivity (Wildman–Crippen MR) is 87.1 cm³/mol. The van der Waals surface area contributed by atoms with Crippen LogP contribution in [0.1, 0.15) is 23.5 Å². The van der Waals surface area contributed by atoms with Crippen LogP contribution in [-0.2, 0) is 6.42 Å². The monoisotopic (exact) mass is 368 g/mol. The van der Waals surface area contributed by atoms with Gasteiger partial charge in [-0.15, -0.1) is 0 Å². The molecule has 1 aliphatic heterocycles. The summed E-state index contributed by atoms with van der Waals surface area (Å²) in [4.78, 5) is 0. The van der Waals surface area contributed by atoms with Gasteiger partial charge in [0.15, 0.2) is 0 Å². The molecule has 0 radical (unpaired) electrons. The number of hydrogen-bond donors (Lipinski definition) is 0. The Hall–Kier alpha value is -1.06. The van der Waals surface area contributed by atoms with Crippen LogP contribution in [-0.4, -0.2) is 11.4 Å². The Balaban J connectivity index is 1.74. The van der Waals surface area contributed by atoms with Crippen molar-refractivity contribution in [3.05, 3.63) is 64.4 Å². The highest BCUT2D eigenvalue weighted by Crippen LogP contribution is 2.36. The molecule has 1 aliphatic rings. The number of halogens is 3. The van der Waals surface area contributed by atoms with Crippen molar-refractivity contribution >= 4 is 27.5 Å². The van der Waals surface area contributed by atoms with Crippen molar-refractivity contribution < 1.29 is 9.13 Å². The first-order valence-electron chi connectivity index (χ1n) is 6.93. The van der Waals surface area contributed by atoms with E-state index < -0.39 is 0 Å². The van der Waals surface area contributed by atoms with Crippen molar-refractivity contribution in [2.24, 2.45) is 0 Å². The average molecular weight is 370 g/mol. The molecule has 0 amide bonds. The van der Waals surface area contributed by atoms with Gasteiger partial charge in [-0.05, 0) is 42.2 Å². The summed E-state index contributed by atoms with van der Waals surface area (Å²) < 4.78 is 19.2. The third-order valence-electron chi connectivity index (χ3n) is 3.84. The summed E-state index contributed by atoms with van der Waals surface area (Å²) in [5.74, 6) is 0.873. The summed E-state index contributed by atoms with van der Waals surface area (Å²) in [6.45, 7) is 0. The molecule has 0 saturated carbocycles. The largest absolute Gasteiger partial charge is 0.490 e. The van der Waals surface area contributed by atoms with E-state index in [2.05, 4.69) is 22.0 Å². The van der Waals surface area contributed by atoms with Gasteiger partial charge in [-0.3, -0.25) is 0 Å². The number of hydrogen-bond acceptors (Lipinski definition) is 1. The van der Waals surface area contributed by atoms with Gasteiger partial charge >= 0.3 is 0 Å². The summed E-state index contributed by atoms with van der Waals surface area (Å²) >= 11 is 9.85. The lowest BCUT2D eigenvalue weighted by Gasteiger charge is -2.20. The SMILES string of the molecule is Fc1ccc2c(c1)CC(CC(CBr)c1ccccc1Cl)O2. The van der Waals surface area contributed by atoms with Crippen LogP contribution >= 0.6 is 27.5 Å². The fraction of sp³-hybridized carbons (Fsp3) is 0.294. The Labute approximate surface area is 137 Å². The van der Waals surface area contributed by atoms with Gasteiger partial charge in [0.25, 0.3) is 0 Å². The molecule has 0 spiro atoms. The lowest BCUT2D eigenvalue weighted by atomic mass is 9.93. The normalized spacial score (nSPS) is 18.1. The Morgan fingerprint density at radius 2 is 2.10 bits per heavy atom. The van der Waals surface area contributed by atoms with E-state index in [4.69, 9.17) is 16.3 Å². The quantitative estimate of drug-likeness (QED) is 0.660. The fourth-order valence-corrected chi connectivity index (χ4v) is 3.72. The van der Waals surface area contributed by atoms with E-state index in [9.17, 15) is 4.39 Å². The summed E-state index contributed by atoms with van der Waals surface area (Å²) in [5, 5.41) is 1.60. The molecule has 1 heterocycles. The van der Waals surface area contributed by atoms with Gasteiger partial charge in [0.2, 0.25) is 0 Å². The molecule has 21 heavy (non-hydrogen) atoms. The van der Waals surface area contributed by atoms with E-state index in [0.29, 0.717) is 0 Å². The molecule has 0 fully saturated rings. The molecule has 0 saturated heterocycles. The van der Waals surface area contributed by atoms with Crippen molar-refractivity contribution in [2.75, 3.05) is 5.33 Å². The van der Waals surface area contributed by atoms with Crippen LogP contribution in [0.2, 0.25) is 5.02 Å². The highest BCUT2D eigenvalue weighted by atomic mass is 79.9. The van der Waals surface area contributed by atoms with Crippen LogP contribution in [0.4, 0.5) is 4.39 Å². The Kier molecular flexibility index (Phi) is 4.51. The van der Waals surface area contributed by atoms with Crippen molar-refractivity contribution in [3.63, 3.8) is 0 Å². The van der Waals surface area contributed by atoms with E-state index in [0.717, 1.165) is 40.1 Å². The Morgan fingerprint density at radius 1 is 1.29 bits per heavy atom. The number of rotatable bonds is 4. The zero-order chi connectivity index (χ0) is 14.8. The van der Waals surface area contributed by atoms with Crippen LogP contribution in [0.3, 0.4) is 0 Å². The molecule has 0 N–H and O–H groups in total. The van der Waals surface area contributed by atoms with E-state index in [1.165, 1.54) is 6.07 Å². The van der Waals surface area contributed by atoms with Gasteiger partial charge in [0, 0.05) is 22.3 Å². The predicted octanol–water partition coefficient (Wildman–Crippen LogP) is 5.35. The first-order chi connectivity index (χ1) is 10.2. The van der Waals surface area contributed by atoms with Crippen LogP contribution in [0.25, 0.3) is 0 Å². The summed E-state index contributed by atoms with van der Waals surface area (Å²) in [7, 11) is 0. The highest BCUT2D eigenvalue weighted by molar-refractivity contribution is 9.09. The first kappa shape index (κ1) is 14.9. The van der Waals surface area contributed by atoms with E-state index in [1.807, 2.05) is 18.2 Å². The molecule has 110 valence electrons. The van der Waals surface area contributed by atoms with Crippen LogP contribution < -0.4 is 4.74 Å². The van der Waals surface area contributed by atoms with Crippen molar-refractivity contribution in [2.45, 2.75) is 24.9 Å². The second kappa shape index (κ2) is 6.37. The Bertz CT molecular complexity index is 646. The van der Waals surface area contributed by atoms with E-state index in [1.54, 1.807) is 12.1 Å². The zero-order valence-electron chi connectivity index (χ0n) is 11.4. The first-order valence-corrected chi connectivity index (χ1v) is 8.43. The summed E-state index contributed by atoms with van der Waals surface area (Å²) in [6.07, 6.45) is 1.67. The average Bonchev–Trinajstić information content (AvgIpc) is 2.87. The smallest absolute Gasteiger partial charge is 0.123 e. The van der Waals surface area contributed by atoms with Crippen molar-refractivity contribution in [3.8, 4) is 5.75 Å². The number of alkyl halides is 1. The van der Waals surface area contributed by atoms with Gasteiger partial charge in [0.05, 0.1) is 0 Å². The Morgan fingerprint density at radius 3 is 2.86 bits per heavy atom. The maximum Gasteiger partial charge on any atom is 0.123 e. The lowest BCUT2D eigenvalue weighted by Crippen LogP contribution is -2.18. The summed E-state index contributed by atoms with van der Waals surface area (Å²) in [5.41, 5.74) is 2.08. The molecule has 0 aliphatic carbocycles. The summed E-state index contributed by atoms with van der Waals surface area (Å²) in [6, 6.07) is 12.6. The minimum atomic E-state index is -0.207. The maximum absolute atomic E-state index is 13.3. The third kappa shape index (κ3) is 3.24. The fourth-order valence-electron chi connectivity index (χ4n) is 2.82. The number of ether oxygens (including phenoxy) is 1. The molecular weight excluding hydrogens is 355 g/mol. The van der Waals surface area contributed by atoms with Gasteiger partial charge in [-0.1, -0.05) is 45.7 Å². The van der Waals surface area contributed by atoms with Crippen LogP contribution in [0.15, 0.2) is 42.5 Å². The van der Waals surface area contributed by atoms with Gasteiger partial charge < -0.3 is 4.74 Å². The molecule has 0 aromatic heterocycles. The van der Waals surface area contributed by atoms with Gasteiger partial charge in [0.1, 0.15) is 17.7 Å². The minimum Gasteiger partial charge on any atom is -0.490 e. The van der Waals surface area contributed by atoms with Crippen molar-refractivity contribution in [1.29, 1.82) is 0 Å². The maximum atomic E-state index is 13.3. The molecule has 4 heteroatoms.